The molecule has 1 rings (SSSR count). The summed E-state index contributed by atoms with van der Waals surface area (Å²) in [5, 5.41) is 4.44. The van der Waals surface area contributed by atoms with Gasteiger partial charge in [-0.1, -0.05) is 20.8 Å². The van der Waals surface area contributed by atoms with Crippen LogP contribution in [-0.2, 0) is 11.0 Å². The zero-order chi connectivity index (χ0) is 14.0. The fourth-order valence-electron chi connectivity index (χ4n) is 1.30. The summed E-state index contributed by atoms with van der Waals surface area (Å²) >= 11 is 0. The zero-order valence-corrected chi connectivity index (χ0v) is 13.3. The van der Waals surface area contributed by atoms with E-state index < -0.39 is 8.32 Å². The minimum absolute atomic E-state index is 0.230. The van der Waals surface area contributed by atoms with Gasteiger partial charge in [0.25, 0.3) is 5.88 Å². The van der Waals surface area contributed by atoms with Gasteiger partial charge in [0.2, 0.25) is 0 Å². The molecule has 0 aliphatic carbocycles. The van der Waals surface area contributed by atoms with Crippen LogP contribution in [0, 0.1) is 0 Å². The van der Waals surface area contributed by atoms with Crippen LogP contribution in [0.3, 0.4) is 0 Å². The van der Waals surface area contributed by atoms with E-state index in [0.29, 0.717) is 24.7 Å². The van der Waals surface area contributed by atoms with E-state index in [-0.39, 0.29) is 5.04 Å². The van der Waals surface area contributed by atoms with E-state index in [4.69, 9.17) is 14.9 Å². The Morgan fingerprint density at radius 1 is 1.39 bits per heavy atom. The molecule has 0 aliphatic heterocycles. The topological polar surface area (TPSA) is 62.3 Å². The first kappa shape index (κ1) is 15.0. The van der Waals surface area contributed by atoms with E-state index in [9.17, 15) is 0 Å². The smallest absolute Gasteiger partial charge is 0.256 e. The summed E-state index contributed by atoms with van der Waals surface area (Å²) in [5.41, 5.74) is 6.30. The number of hydrogen-bond acceptors (Lipinski definition) is 4. The van der Waals surface area contributed by atoms with Gasteiger partial charge in [0.15, 0.2) is 8.32 Å². The molecule has 0 unspecified atom stereocenters. The molecule has 2 N–H and O–H groups in total. The molecule has 0 radical (unpaired) electrons. The van der Waals surface area contributed by atoms with Crippen molar-refractivity contribution in [2.24, 2.45) is 0 Å². The molecular formula is C12H25N3O2Si. The van der Waals surface area contributed by atoms with Gasteiger partial charge in [0, 0.05) is 0 Å². The highest BCUT2D eigenvalue weighted by atomic mass is 28.4. The largest absolute Gasteiger partial charge is 0.478 e. The van der Waals surface area contributed by atoms with Crippen molar-refractivity contribution in [1.29, 1.82) is 0 Å². The molecule has 5 nitrogen and oxygen atoms in total. The predicted molar refractivity (Wildman–Crippen MR) is 76.3 cm³/mol. The van der Waals surface area contributed by atoms with Crippen LogP contribution in [0.1, 0.15) is 20.8 Å². The van der Waals surface area contributed by atoms with Crippen LogP contribution in [0.4, 0.5) is 5.69 Å². The molecule has 1 aromatic rings. The molecule has 0 saturated carbocycles. The number of rotatable bonds is 5. The Bertz CT molecular complexity index is 397. The summed E-state index contributed by atoms with van der Waals surface area (Å²) in [5.74, 6) is 0.474. The van der Waals surface area contributed by atoms with Gasteiger partial charge in [0.05, 0.1) is 26.5 Å². The van der Waals surface area contributed by atoms with Crippen LogP contribution in [0.15, 0.2) is 6.20 Å². The van der Waals surface area contributed by atoms with Gasteiger partial charge in [-0.2, -0.15) is 0 Å². The molecule has 0 aliphatic rings. The zero-order valence-electron chi connectivity index (χ0n) is 12.3. The summed E-state index contributed by atoms with van der Waals surface area (Å²) in [6.45, 7) is 12.5. The van der Waals surface area contributed by atoms with Crippen molar-refractivity contribution in [2.75, 3.05) is 19.5 Å². The van der Waals surface area contributed by atoms with Crippen molar-refractivity contribution in [1.82, 2.24) is 9.78 Å². The molecule has 104 valence electrons. The third-order valence-corrected chi connectivity index (χ3v) is 8.08. The highest BCUT2D eigenvalue weighted by Crippen LogP contribution is 2.36. The maximum atomic E-state index is 6.08. The van der Waals surface area contributed by atoms with E-state index in [0.717, 1.165) is 0 Å². The van der Waals surface area contributed by atoms with Crippen molar-refractivity contribution in [2.45, 2.75) is 45.4 Å². The first-order valence-electron chi connectivity index (χ1n) is 6.18. The first-order chi connectivity index (χ1) is 8.17. The molecular weight excluding hydrogens is 246 g/mol. The van der Waals surface area contributed by atoms with Crippen LogP contribution in [0.5, 0.6) is 5.88 Å². The van der Waals surface area contributed by atoms with Gasteiger partial charge in [-0.3, -0.25) is 4.68 Å². The van der Waals surface area contributed by atoms with E-state index in [2.05, 4.69) is 39.0 Å². The van der Waals surface area contributed by atoms with Gasteiger partial charge in [-0.15, -0.1) is 5.10 Å². The van der Waals surface area contributed by atoms with E-state index >= 15 is 0 Å². The summed E-state index contributed by atoms with van der Waals surface area (Å²) in [4.78, 5) is 0. The molecule has 0 aromatic carbocycles. The van der Waals surface area contributed by atoms with Crippen LogP contribution >= 0.6 is 0 Å². The molecule has 0 saturated heterocycles. The van der Waals surface area contributed by atoms with Crippen molar-refractivity contribution in [3.8, 4) is 5.88 Å². The van der Waals surface area contributed by atoms with Crippen LogP contribution < -0.4 is 10.5 Å². The van der Waals surface area contributed by atoms with Crippen molar-refractivity contribution in [3.05, 3.63) is 6.20 Å². The second-order valence-electron chi connectivity index (χ2n) is 5.97. The van der Waals surface area contributed by atoms with Gasteiger partial charge in [-0.25, -0.2) is 0 Å². The number of nitrogen functional groups attached to an aromatic ring is 1. The standard InChI is InChI=1S/C12H25N3O2Si/c1-12(2,3)18(5,6)17-8-7-15-9-10(13)11(14-15)16-4/h9H,7-8,13H2,1-6H3. The highest BCUT2D eigenvalue weighted by molar-refractivity contribution is 6.74. The lowest BCUT2D eigenvalue weighted by Crippen LogP contribution is -2.41. The Balaban J connectivity index is 2.51. The molecule has 1 aromatic heterocycles. The Kier molecular flexibility index (Phi) is 4.44. The molecule has 18 heavy (non-hydrogen) atoms. The lowest BCUT2D eigenvalue weighted by atomic mass is 10.2. The number of nitrogens with zero attached hydrogens (tertiary/aromatic N) is 2. The molecule has 0 bridgehead atoms. The second kappa shape index (κ2) is 5.32. The molecule has 6 heteroatoms. The highest BCUT2D eigenvalue weighted by Gasteiger charge is 2.36. The maximum absolute atomic E-state index is 6.08. The number of nitrogens with two attached hydrogens (primary N) is 1. The SMILES string of the molecule is COc1nn(CCO[Si](C)(C)C(C)(C)C)cc1N. The normalized spacial score (nSPS) is 12.8. The van der Waals surface area contributed by atoms with Crippen LogP contribution in [0.2, 0.25) is 18.1 Å². The molecule has 1 heterocycles. The maximum Gasteiger partial charge on any atom is 0.256 e. The summed E-state index contributed by atoms with van der Waals surface area (Å²) < 4.78 is 12.9. The number of aromatic nitrogens is 2. The number of anilines is 1. The van der Waals surface area contributed by atoms with Crippen LogP contribution in [-0.4, -0.2) is 31.8 Å². The molecule has 0 atom stereocenters. The number of ether oxygens (including phenoxy) is 1. The third-order valence-electron chi connectivity index (χ3n) is 3.54. The van der Waals surface area contributed by atoms with E-state index in [1.165, 1.54) is 0 Å². The minimum atomic E-state index is -1.68. The Hall–Kier alpha value is -1.01. The monoisotopic (exact) mass is 271 g/mol. The molecule has 0 spiro atoms. The summed E-state index contributed by atoms with van der Waals surface area (Å²) in [6, 6.07) is 0. The van der Waals surface area contributed by atoms with Gasteiger partial charge in [0.1, 0.15) is 5.69 Å². The van der Waals surface area contributed by atoms with Crippen molar-refractivity contribution in [3.63, 3.8) is 0 Å². The fourth-order valence-corrected chi connectivity index (χ4v) is 2.34. The average Bonchev–Trinajstić information content (AvgIpc) is 2.57. The van der Waals surface area contributed by atoms with Crippen LogP contribution in [0.25, 0.3) is 0 Å². The molecule has 0 fully saturated rings. The van der Waals surface area contributed by atoms with Gasteiger partial charge >= 0.3 is 0 Å². The fraction of sp³-hybridized carbons (Fsp3) is 0.750. The third kappa shape index (κ3) is 3.49. The number of hydrogen-bond donors (Lipinski definition) is 1. The average molecular weight is 271 g/mol. The van der Waals surface area contributed by atoms with Gasteiger partial charge < -0.3 is 14.9 Å². The number of methoxy groups -OCH3 is 1. The first-order valence-corrected chi connectivity index (χ1v) is 9.09. The Labute approximate surface area is 110 Å². The molecule has 0 amide bonds. The Morgan fingerprint density at radius 2 is 2.00 bits per heavy atom. The van der Waals surface area contributed by atoms with E-state index in [1.807, 2.05) is 0 Å². The second-order valence-corrected chi connectivity index (χ2v) is 10.8. The summed E-state index contributed by atoms with van der Waals surface area (Å²) in [7, 11) is -0.113. The lowest BCUT2D eigenvalue weighted by Gasteiger charge is -2.36. The van der Waals surface area contributed by atoms with E-state index in [1.54, 1.807) is 18.0 Å². The minimum Gasteiger partial charge on any atom is -0.478 e. The van der Waals surface area contributed by atoms with Crippen molar-refractivity contribution >= 4 is 14.0 Å². The van der Waals surface area contributed by atoms with Gasteiger partial charge in [-0.05, 0) is 18.1 Å². The van der Waals surface area contributed by atoms with Crippen molar-refractivity contribution < 1.29 is 9.16 Å². The lowest BCUT2D eigenvalue weighted by molar-refractivity contribution is 0.264. The Morgan fingerprint density at radius 3 is 2.44 bits per heavy atom. The predicted octanol–water partition coefficient (Wildman–Crippen LogP) is 2.50. The quantitative estimate of drug-likeness (QED) is 0.836. The summed E-state index contributed by atoms with van der Waals surface area (Å²) in [6.07, 6.45) is 1.77.